The van der Waals surface area contributed by atoms with E-state index in [9.17, 15) is 9.90 Å². The second-order valence-corrected chi connectivity index (χ2v) is 7.09. The first-order valence-electron chi connectivity index (χ1n) is 8.77. The van der Waals surface area contributed by atoms with E-state index in [2.05, 4.69) is 22.0 Å². The zero-order chi connectivity index (χ0) is 19.9. The van der Waals surface area contributed by atoms with Gasteiger partial charge in [-0.05, 0) is 35.7 Å². The van der Waals surface area contributed by atoms with Crippen LogP contribution in [0.5, 0.6) is 11.6 Å². The molecule has 0 spiro atoms. The van der Waals surface area contributed by atoms with Crippen molar-refractivity contribution in [1.29, 1.82) is 0 Å². The molecule has 0 atom stereocenters. The average Bonchev–Trinajstić information content (AvgIpc) is 3.03. The maximum atomic E-state index is 11.3. The molecule has 0 saturated heterocycles. The number of nitrogens with one attached hydrogen (secondary N) is 1. The lowest BCUT2D eigenvalue weighted by atomic mass is 10.1. The molecule has 0 unspecified atom stereocenters. The van der Waals surface area contributed by atoms with Crippen LogP contribution in [0.15, 0.2) is 52.5 Å². The van der Waals surface area contributed by atoms with Gasteiger partial charge in [0, 0.05) is 12.6 Å². The molecule has 3 aromatic rings. The van der Waals surface area contributed by atoms with Crippen molar-refractivity contribution in [2.45, 2.75) is 19.8 Å². The fraction of sp³-hybridized carbons (Fsp3) is 0.250. The minimum atomic E-state index is -0.266. The number of hydrogen-bond donors (Lipinski definition) is 2. The summed E-state index contributed by atoms with van der Waals surface area (Å²) in [5.41, 5.74) is 3.40. The molecule has 2 aromatic heterocycles. The van der Waals surface area contributed by atoms with Crippen LogP contribution < -0.4 is 9.61 Å². The molecule has 3 rings (SSSR count). The summed E-state index contributed by atoms with van der Waals surface area (Å²) in [5.74, 6) is 0.599. The predicted molar refractivity (Wildman–Crippen MR) is 109 cm³/mol. The number of aryl methyl sites for hydroxylation is 1. The van der Waals surface area contributed by atoms with Gasteiger partial charge >= 0.3 is 4.87 Å². The summed E-state index contributed by atoms with van der Waals surface area (Å²) < 4.78 is 5.81. The standard InChI is InChI=1S/C20H21N3O4S/c1-3-13-6-9-16(21-11-13)17(23-26-2)12-27-15-7-4-14(5-8-15)10-18-19(24)22-20(25)28-18/h4-9,11,24H,3,10,12H2,1-2H3,(H,22,25). The molecule has 0 aliphatic rings. The number of ether oxygens (including phenoxy) is 1. The molecule has 0 saturated carbocycles. The van der Waals surface area contributed by atoms with Gasteiger partial charge in [-0.3, -0.25) is 14.8 Å². The monoisotopic (exact) mass is 399 g/mol. The van der Waals surface area contributed by atoms with Gasteiger partial charge in [-0.1, -0.05) is 41.6 Å². The van der Waals surface area contributed by atoms with Crippen LogP contribution in [0.25, 0.3) is 0 Å². The van der Waals surface area contributed by atoms with Crippen LogP contribution in [0.4, 0.5) is 0 Å². The molecule has 0 amide bonds. The van der Waals surface area contributed by atoms with Gasteiger partial charge in [0.1, 0.15) is 25.2 Å². The molecule has 2 N–H and O–H groups in total. The number of aromatic nitrogens is 2. The Hall–Kier alpha value is -3.13. The summed E-state index contributed by atoms with van der Waals surface area (Å²) in [5, 5.41) is 13.7. The molecular formula is C20H21N3O4S. The van der Waals surface area contributed by atoms with Crippen LogP contribution in [0.1, 0.15) is 28.6 Å². The molecule has 0 radical (unpaired) electrons. The van der Waals surface area contributed by atoms with Crippen LogP contribution in [0.2, 0.25) is 0 Å². The number of pyridine rings is 1. The number of hydrogen-bond acceptors (Lipinski definition) is 7. The lowest BCUT2D eigenvalue weighted by molar-refractivity contribution is 0.210. The van der Waals surface area contributed by atoms with Crippen LogP contribution in [0.3, 0.4) is 0 Å². The Morgan fingerprint density at radius 1 is 1.21 bits per heavy atom. The van der Waals surface area contributed by atoms with Gasteiger partial charge in [0.15, 0.2) is 0 Å². The Labute approximate surface area is 166 Å². The highest BCUT2D eigenvalue weighted by molar-refractivity contribution is 7.09. The molecule has 2 heterocycles. The summed E-state index contributed by atoms with van der Waals surface area (Å²) in [6.45, 7) is 2.29. The van der Waals surface area contributed by atoms with Crippen LogP contribution >= 0.6 is 11.3 Å². The summed E-state index contributed by atoms with van der Waals surface area (Å²) in [7, 11) is 1.49. The van der Waals surface area contributed by atoms with Crippen molar-refractivity contribution >= 4 is 17.0 Å². The average molecular weight is 399 g/mol. The van der Waals surface area contributed by atoms with Gasteiger partial charge in [-0.2, -0.15) is 0 Å². The highest BCUT2D eigenvalue weighted by atomic mass is 32.1. The van der Waals surface area contributed by atoms with Crippen LogP contribution in [0, 0.1) is 0 Å². The van der Waals surface area contributed by atoms with Crippen LogP contribution in [-0.2, 0) is 17.7 Å². The Bertz CT molecular complexity index is 992. The minimum Gasteiger partial charge on any atom is -0.494 e. The number of aromatic amines is 1. The Morgan fingerprint density at radius 2 is 1.96 bits per heavy atom. The van der Waals surface area contributed by atoms with Gasteiger partial charge in [0.25, 0.3) is 0 Å². The summed E-state index contributed by atoms with van der Waals surface area (Å²) >= 11 is 1.00. The van der Waals surface area contributed by atoms with E-state index in [0.717, 1.165) is 28.9 Å². The maximum Gasteiger partial charge on any atom is 0.307 e. The third-order valence-electron chi connectivity index (χ3n) is 4.09. The van der Waals surface area contributed by atoms with Crippen molar-refractivity contribution in [3.05, 3.63) is 74.0 Å². The first-order valence-corrected chi connectivity index (χ1v) is 9.58. The molecule has 28 heavy (non-hydrogen) atoms. The quantitative estimate of drug-likeness (QED) is 0.448. The number of nitrogens with zero attached hydrogens (tertiary/aromatic N) is 2. The van der Waals surface area contributed by atoms with E-state index >= 15 is 0 Å². The Balaban J connectivity index is 1.64. The number of aromatic hydroxyl groups is 1. The number of rotatable bonds is 8. The van der Waals surface area contributed by atoms with Crippen molar-refractivity contribution in [3.8, 4) is 11.6 Å². The third kappa shape index (κ3) is 4.98. The van der Waals surface area contributed by atoms with E-state index in [0.29, 0.717) is 28.5 Å². The first kappa shape index (κ1) is 19.6. The minimum absolute atomic E-state index is 0.0719. The highest BCUT2D eigenvalue weighted by Crippen LogP contribution is 2.21. The Morgan fingerprint density at radius 3 is 2.54 bits per heavy atom. The van der Waals surface area contributed by atoms with Crippen molar-refractivity contribution < 1.29 is 14.7 Å². The highest BCUT2D eigenvalue weighted by Gasteiger charge is 2.10. The third-order valence-corrected chi connectivity index (χ3v) is 4.97. The number of oxime groups is 1. The number of thiazole rings is 1. The van der Waals surface area contributed by atoms with E-state index in [1.165, 1.54) is 7.11 Å². The molecule has 0 fully saturated rings. The summed E-state index contributed by atoms with van der Waals surface area (Å²) in [6.07, 6.45) is 3.21. The molecule has 7 nitrogen and oxygen atoms in total. The van der Waals surface area contributed by atoms with Crippen molar-refractivity contribution in [2.24, 2.45) is 5.16 Å². The molecule has 1 aromatic carbocycles. The van der Waals surface area contributed by atoms with Crippen molar-refractivity contribution in [1.82, 2.24) is 9.97 Å². The van der Waals surface area contributed by atoms with E-state index in [1.807, 2.05) is 42.6 Å². The largest absolute Gasteiger partial charge is 0.494 e. The molecule has 8 heteroatoms. The SMILES string of the molecule is CCc1ccc(C(COc2ccc(Cc3sc(=O)[nH]c3O)cc2)=NOC)nc1. The fourth-order valence-corrected chi connectivity index (χ4v) is 3.33. The summed E-state index contributed by atoms with van der Waals surface area (Å²) in [4.78, 5) is 23.3. The number of benzene rings is 1. The van der Waals surface area contributed by atoms with E-state index in [1.54, 1.807) is 0 Å². The lowest BCUT2D eigenvalue weighted by Gasteiger charge is -2.09. The van der Waals surface area contributed by atoms with E-state index in [-0.39, 0.29) is 17.4 Å². The van der Waals surface area contributed by atoms with Gasteiger partial charge in [-0.15, -0.1) is 0 Å². The predicted octanol–water partition coefficient (Wildman–Crippen LogP) is 3.12. The zero-order valence-corrected chi connectivity index (χ0v) is 16.5. The fourth-order valence-electron chi connectivity index (χ4n) is 2.57. The van der Waals surface area contributed by atoms with Gasteiger partial charge < -0.3 is 14.7 Å². The number of H-pyrrole nitrogens is 1. The molecule has 0 aliphatic heterocycles. The van der Waals surface area contributed by atoms with Gasteiger partial charge in [0.2, 0.25) is 5.88 Å². The maximum absolute atomic E-state index is 11.3. The normalized spacial score (nSPS) is 11.4. The first-order chi connectivity index (χ1) is 13.6. The zero-order valence-electron chi connectivity index (χ0n) is 15.6. The lowest BCUT2D eigenvalue weighted by Crippen LogP contribution is -2.15. The van der Waals surface area contributed by atoms with E-state index < -0.39 is 0 Å². The molecule has 0 bridgehead atoms. The Kier molecular flexibility index (Phi) is 6.44. The molecular weight excluding hydrogens is 378 g/mol. The summed E-state index contributed by atoms with van der Waals surface area (Å²) in [6, 6.07) is 11.4. The molecule has 146 valence electrons. The van der Waals surface area contributed by atoms with Crippen LogP contribution in [-0.4, -0.2) is 34.5 Å². The van der Waals surface area contributed by atoms with E-state index in [4.69, 9.17) is 9.57 Å². The molecule has 0 aliphatic carbocycles. The smallest absolute Gasteiger partial charge is 0.307 e. The second-order valence-electron chi connectivity index (χ2n) is 6.02. The second kappa shape index (κ2) is 9.18. The van der Waals surface area contributed by atoms with Gasteiger partial charge in [-0.25, -0.2) is 0 Å². The topological polar surface area (TPSA) is 96.8 Å². The van der Waals surface area contributed by atoms with Crippen molar-refractivity contribution in [2.75, 3.05) is 13.7 Å². The van der Waals surface area contributed by atoms with Crippen molar-refractivity contribution in [3.63, 3.8) is 0 Å². The van der Waals surface area contributed by atoms with Gasteiger partial charge in [0.05, 0.1) is 10.6 Å².